The Hall–Kier alpha value is -3.01. The van der Waals surface area contributed by atoms with Gasteiger partial charge in [0, 0.05) is 49.0 Å². The second-order valence-electron chi connectivity index (χ2n) is 8.66. The Bertz CT molecular complexity index is 1040. The number of carbonyl (C=O) groups excluding carboxylic acids is 2. The maximum absolute atomic E-state index is 12.8. The molecule has 0 radical (unpaired) electrons. The zero-order valence-corrected chi connectivity index (χ0v) is 19.1. The maximum atomic E-state index is 12.8. The van der Waals surface area contributed by atoms with Gasteiger partial charge >= 0.3 is 0 Å². The van der Waals surface area contributed by atoms with E-state index >= 15 is 0 Å². The van der Waals surface area contributed by atoms with Gasteiger partial charge in [0.05, 0.1) is 17.2 Å². The first-order valence-electron chi connectivity index (χ1n) is 10.9. The van der Waals surface area contributed by atoms with E-state index in [2.05, 4.69) is 10.3 Å². The van der Waals surface area contributed by atoms with E-state index in [1.807, 2.05) is 23.6 Å². The van der Waals surface area contributed by atoms with Crippen molar-refractivity contribution in [3.63, 3.8) is 0 Å². The zero-order valence-electron chi connectivity index (χ0n) is 18.3. The highest BCUT2D eigenvalue weighted by Crippen LogP contribution is 2.33. The molecule has 9 nitrogen and oxygen atoms in total. The smallest absolute Gasteiger partial charge is 0.293 e. The van der Waals surface area contributed by atoms with Crippen molar-refractivity contribution >= 4 is 39.7 Å². The predicted molar refractivity (Wildman–Crippen MR) is 123 cm³/mol. The molecule has 2 aromatic rings. The van der Waals surface area contributed by atoms with Crippen molar-refractivity contribution in [3.05, 3.63) is 44.4 Å². The molecule has 1 aromatic carbocycles. The molecule has 0 aliphatic carbocycles. The maximum Gasteiger partial charge on any atom is 0.293 e. The number of nitrogens with zero attached hydrogens (tertiary/aromatic N) is 4. The molecular weight excluding hydrogens is 430 g/mol. The lowest BCUT2D eigenvalue weighted by Gasteiger charge is -2.26. The number of anilines is 2. The molecule has 3 heterocycles. The van der Waals surface area contributed by atoms with Crippen LogP contribution in [0, 0.1) is 16.0 Å². The van der Waals surface area contributed by atoms with Gasteiger partial charge in [-0.15, -0.1) is 0 Å². The number of nitro benzene ring substituents is 1. The Morgan fingerprint density at radius 3 is 2.69 bits per heavy atom. The van der Waals surface area contributed by atoms with E-state index in [1.54, 1.807) is 12.1 Å². The molecule has 2 aliphatic heterocycles. The highest BCUT2D eigenvalue weighted by Gasteiger charge is 2.26. The highest BCUT2D eigenvalue weighted by atomic mass is 32.1. The molecule has 1 N–H and O–H groups in total. The lowest BCUT2D eigenvalue weighted by molar-refractivity contribution is -0.384. The molecule has 170 valence electrons. The lowest BCUT2D eigenvalue weighted by atomic mass is 10.1. The molecule has 1 aromatic heterocycles. The topological polar surface area (TPSA) is 109 Å². The minimum Gasteiger partial charge on any atom is -0.366 e. The number of fused-ring (bicyclic) bond motifs is 1. The van der Waals surface area contributed by atoms with Gasteiger partial charge in [-0.05, 0) is 30.9 Å². The number of amides is 2. The number of hydrogen-bond acceptors (Lipinski definition) is 7. The van der Waals surface area contributed by atoms with Crippen LogP contribution in [0.2, 0.25) is 0 Å². The van der Waals surface area contributed by atoms with Crippen molar-refractivity contribution < 1.29 is 14.5 Å². The monoisotopic (exact) mass is 457 g/mol. The first-order chi connectivity index (χ1) is 15.3. The van der Waals surface area contributed by atoms with Crippen molar-refractivity contribution in [2.24, 2.45) is 5.92 Å². The molecule has 2 aliphatic rings. The van der Waals surface area contributed by atoms with E-state index < -0.39 is 10.8 Å². The number of nitro groups is 1. The lowest BCUT2D eigenvalue weighted by Crippen LogP contribution is -2.36. The molecule has 0 spiro atoms. The third-order valence-corrected chi connectivity index (χ3v) is 6.77. The molecule has 32 heavy (non-hydrogen) atoms. The summed E-state index contributed by atoms with van der Waals surface area (Å²) in [5, 5.41) is 14.8. The average molecular weight is 458 g/mol. The van der Waals surface area contributed by atoms with Crippen molar-refractivity contribution in [1.82, 2.24) is 9.88 Å². The standard InChI is InChI=1S/C22H27N5O4S/c1-14(2)11-20(28)26-10-7-16-19(13-26)32-22(23-16)24-21(29)15-5-6-17(18(12-15)27(30)31)25-8-3-4-9-25/h5-6,12,14H,3-4,7-11,13H2,1-2H3,(H,23,24,29). The summed E-state index contributed by atoms with van der Waals surface area (Å²) in [4.78, 5) is 45.6. The summed E-state index contributed by atoms with van der Waals surface area (Å²) in [6.45, 7) is 6.75. The highest BCUT2D eigenvalue weighted by molar-refractivity contribution is 7.15. The number of rotatable bonds is 6. The van der Waals surface area contributed by atoms with E-state index in [-0.39, 0.29) is 17.2 Å². The molecule has 0 bridgehead atoms. The molecule has 0 unspecified atom stereocenters. The van der Waals surface area contributed by atoms with E-state index in [1.165, 1.54) is 17.4 Å². The van der Waals surface area contributed by atoms with Gasteiger partial charge in [0.25, 0.3) is 11.6 Å². The van der Waals surface area contributed by atoms with Crippen molar-refractivity contribution in [3.8, 4) is 0 Å². The van der Waals surface area contributed by atoms with E-state index in [0.29, 0.717) is 42.7 Å². The summed E-state index contributed by atoms with van der Waals surface area (Å²) in [5.41, 5.74) is 1.62. The first kappa shape index (κ1) is 22.2. The van der Waals surface area contributed by atoms with Gasteiger partial charge in [0.1, 0.15) is 5.69 Å². The van der Waals surface area contributed by atoms with Gasteiger partial charge in [0.2, 0.25) is 5.91 Å². The summed E-state index contributed by atoms with van der Waals surface area (Å²) < 4.78 is 0. The van der Waals surface area contributed by atoms with Crippen LogP contribution in [-0.2, 0) is 17.8 Å². The van der Waals surface area contributed by atoms with E-state index in [4.69, 9.17) is 0 Å². The number of nitrogens with one attached hydrogen (secondary N) is 1. The van der Waals surface area contributed by atoms with Gasteiger partial charge in [-0.25, -0.2) is 4.98 Å². The normalized spacial score (nSPS) is 15.7. The number of aromatic nitrogens is 1. The van der Waals surface area contributed by atoms with Crippen molar-refractivity contribution in [1.29, 1.82) is 0 Å². The summed E-state index contributed by atoms with van der Waals surface area (Å²) >= 11 is 1.35. The van der Waals surface area contributed by atoms with E-state index in [0.717, 1.165) is 36.5 Å². The Kier molecular flexibility index (Phi) is 6.40. The molecule has 1 saturated heterocycles. The molecule has 4 rings (SSSR count). The van der Waals surface area contributed by atoms with Crippen LogP contribution in [0.5, 0.6) is 0 Å². The Morgan fingerprint density at radius 1 is 1.25 bits per heavy atom. The Morgan fingerprint density at radius 2 is 2.00 bits per heavy atom. The second kappa shape index (κ2) is 9.23. The molecule has 0 atom stereocenters. The van der Waals surface area contributed by atoms with Crippen LogP contribution in [0.4, 0.5) is 16.5 Å². The van der Waals surface area contributed by atoms with Crippen LogP contribution in [0.3, 0.4) is 0 Å². The van der Waals surface area contributed by atoms with Gasteiger partial charge in [-0.3, -0.25) is 25.0 Å². The van der Waals surface area contributed by atoms with Crippen LogP contribution < -0.4 is 10.2 Å². The molecule has 10 heteroatoms. The fourth-order valence-electron chi connectivity index (χ4n) is 4.15. The van der Waals surface area contributed by atoms with Gasteiger partial charge < -0.3 is 9.80 Å². The number of benzene rings is 1. The van der Waals surface area contributed by atoms with Gasteiger partial charge in [0.15, 0.2) is 5.13 Å². The second-order valence-corrected chi connectivity index (χ2v) is 9.74. The molecule has 2 amide bonds. The zero-order chi connectivity index (χ0) is 22.8. The van der Waals surface area contributed by atoms with Crippen LogP contribution in [0.1, 0.15) is 54.0 Å². The molecule has 0 saturated carbocycles. The van der Waals surface area contributed by atoms with Crippen LogP contribution in [0.15, 0.2) is 18.2 Å². The molecule has 1 fully saturated rings. The Labute approximate surface area is 190 Å². The average Bonchev–Trinajstić information content (AvgIpc) is 3.41. The first-order valence-corrected chi connectivity index (χ1v) is 11.7. The summed E-state index contributed by atoms with van der Waals surface area (Å²) in [5.74, 6) is 0.0102. The summed E-state index contributed by atoms with van der Waals surface area (Å²) in [6, 6.07) is 4.61. The van der Waals surface area contributed by atoms with Gasteiger partial charge in [-0.1, -0.05) is 25.2 Å². The van der Waals surface area contributed by atoms with Crippen LogP contribution >= 0.6 is 11.3 Å². The fourth-order valence-corrected chi connectivity index (χ4v) is 5.16. The van der Waals surface area contributed by atoms with Crippen LogP contribution in [0.25, 0.3) is 0 Å². The third-order valence-electron chi connectivity index (χ3n) is 5.77. The van der Waals surface area contributed by atoms with Crippen LogP contribution in [-0.4, -0.2) is 46.3 Å². The predicted octanol–water partition coefficient (Wildman–Crippen LogP) is 3.83. The number of thiazole rings is 1. The minimum atomic E-state index is -0.435. The molecular formula is C22H27N5O4S. The minimum absolute atomic E-state index is 0.0581. The van der Waals surface area contributed by atoms with Gasteiger partial charge in [-0.2, -0.15) is 0 Å². The van der Waals surface area contributed by atoms with Crippen molar-refractivity contribution in [2.45, 2.75) is 46.1 Å². The van der Waals surface area contributed by atoms with E-state index in [9.17, 15) is 19.7 Å². The summed E-state index contributed by atoms with van der Waals surface area (Å²) in [6.07, 6.45) is 3.19. The summed E-state index contributed by atoms with van der Waals surface area (Å²) in [7, 11) is 0. The third kappa shape index (κ3) is 4.74. The number of hydrogen-bond donors (Lipinski definition) is 1. The Balaban J connectivity index is 1.47. The van der Waals surface area contributed by atoms with Crippen molar-refractivity contribution in [2.75, 3.05) is 29.9 Å². The fraction of sp³-hybridized carbons (Fsp3) is 0.500. The number of carbonyl (C=O) groups is 2. The quantitative estimate of drug-likeness (QED) is 0.522. The largest absolute Gasteiger partial charge is 0.366 e. The SMILES string of the molecule is CC(C)CC(=O)N1CCc2nc(NC(=O)c3ccc(N4CCCC4)c([N+](=O)[O-])c3)sc2C1.